The molecule has 1 atom stereocenters. The van der Waals surface area contributed by atoms with Crippen LogP contribution < -0.4 is 5.73 Å². The van der Waals surface area contributed by atoms with Crippen LogP contribution in [0.5, 0.6) is 0 Å². The fourth-order valence-corrected chi connectivity index (χ4v) is 3.33. The Hall–Kier alpha value is -2.19. The third kappa shape index (κ3) is 3.27. The third-order valence-corrected chi connectivity index (χ3v) is 4.94. The number of piperazine rings is 1. The Morgan fingerprint density at radius 1 is 1.35 bits per heavy atom. The van der Waals surface area contributed by atoms with Crippen molar-refractivity contribution in [1.82, 2.24) is 14.8 Å². The number of nitrogens with two attached hydrogens (primary N) is 1. The van der Waals surface area contributed by atoms with Crippen LogP contribution in [0.3, 0.4) is 0 Å². The lowest BCUT2D eigenvalue weighted by Crippen LogP contribution is -2.54. The first-order chi connectivity index (χ1) is 11.1. The van der Waals surface area contributed by atoms with Gasteiger partial charge in [0, 0.05) is 37.1 Å². The number of hydrogen-bond acceptors (Lipinski definition) is 6. The Balaban J connectivity index is 1.63. The van der Waals surface area contributed by atoms with E-state index in [0.717, 1.165) is 10.6 Å². The van der Waals surface area contributed by atoms with Crippen LogP contribution in [0.15, 0.2) is 28.4 Å². The van der Waals surface area contributed by atoms with Crippen molar-refractivity contribution in [2.24, 2.45) is 5.73 Å². The van der Waals surface area contributed by atoms with E-state index in [1.54, 1.807) is 29.7 Å². The topological polar surface area (TPSA) is 92.7 Å². The second-order valence-corrected chi connectivity index (χ2v) is 6.31. The minimum absolute atomic E-state index is 0.0811. The Labute approximate surface area is 137 Å². The molecular formula is C15H18N4O3S. The quantitative estimate of drug-likeness (QED) is 0.901. The van der Waals surface area contributed by atoms with Crippen molar-refractivity contribution in [2.45, 2.75) is 13.0 Å². The largest absolute Gasteiger partial charge is 0.472 e. The molecule has 0 aliphatic carbocycles. The molecular weight excluding hydrogens is 316 g/mol. The average molecular weight is 334 g/mol. The van der Waals surface area contributed by atoms with Gasteiger partial charge in [-0.15, -0.1) is 11.3 Å². The number of furan rings is 1. The van der Waals surface area contributed by atoms with Crippen LogP contribution >= 0.6 is 11.3 Å². The van der Waals surface area contributed by atoms with Gasteiger partial charge in [0.15, 0.2) is 0 Å². The van der Waals surface area contributed by atoms with E-state index in [0.29, 0.717) is 31.9 Å². The summed E-state index contributed by atoms with van der Waals surface area (Å²) in [5, 5.41) is 2.53. The van der Waals surface area contributed by atoms with E-state index >= 15 is 0 Å². The average Bonchev–Trinajstić information content (AvgIpc) is 3.24. The molecule has 8 heteroatoms. The smallest absolute Gasteiger partial charge is 0.273 e. The van der Waals surface area contributed by atoms with E-state index in [1.165, 1.54) is 11.3 Å². The van der Waals surface area contributed by atoms with Gasteiger partial charge in [-0.3, -0.25) is 14.5 Å². The Morgan fingerprint density at radius 3 is 2.70 bits per heavy atom. The summed E-state index contributed by atoms with van der Waals surface area (Å²) in [7, 11) is 0. The van der Waals surface area contributed by atoms with E-state index in [-0.39, 0.29) is 17.9 Å². The van der Waals surface area contributed by atoms with Gasteiger partial charge in [0.2, 0.25) is 5.91 Å². The number of nitrogens with zero attached hydrogens (tertiary/aromatic N) is 3. The Bertz CT molecular complexity index is 689. The predicted octanol–water partition coefficient (Wildman–Crippen LogP) is 1.03. The molecule has 3 heterocycles. The number of aromatic nitrogens is 1. The summed E-state index contributed by atoms with van der Waals surface area (Å²) in [4.78, 5) is 31.9. The summed E-state index contributed by atoms with van der Waals surface area (Å²) in [6.07, 6.45) is 3.19. The predicted molar refractivity (Wildman–Crippen MR) is 85.9 cm³/mol. The third-order valence-electron chi connectivity index (χ3n) is 4.05. The highest BCUT2D eigenvalue weighted by Crippen LogP contribution is 2.24. The minimum atomic E-state index is -0.339. The van der Waals surface area contributed by atoms with Crippen LogP contribution in [0.2, 0.25) is 0 Å². The van der Waals surface area contributed by atoms with Crippen LogP contribution in [0.25, 0.3) is 10.6 Å². The molecule has 122 valence electrons. The van der Waals surface area contributed by atoms with Gasteiger partial charge in [0.25, 0.3) is 5.91 Å². The molecule has 0 aromatic carbocycles. The Morgan fingerprint density at radius 2 is 2.09 bits per heavy atom. The molecule has 0 saturated carbocycles. The number of carbonyl (C=O) groups is 2. The number of amides is 2. The van der Waals surface area contributed by atoms with Crippen LogP contribution in [0.4, 0.5) is 0 Å². The van der Waals surface area contributed by atoms with Crippen LogP contribution in [-0.2, 0) is 4.79 Å². The maximum absolute atomic E-state index is 12.5. The van der Waals surface area contributed by atoms with Crippen molar-refractivity contribution >= 4 is 23.2 Å². The van der Waals surface area contributed by atoms with Crippen molar-refractivity contribution in [3.8, 4) is 10.6 Å². The SMILES string of the molecule is C[C@H](C(N)=O)N1CCN(C(=O)c2csc(-c3ccoc3)n2)CC1. The van der Waals surface area contributed by atoms with Crippen molar-refractivity contribution < 1.29 is 14.0 Å². The molecule has 2 aromatic rings. The summed E-state index contributed by atoms with van der Waals surface area (Å²) in [5.41, 5.74) is 6.64. The molecule has 0 bridgehead atoms. The van der Waals surface area contributed by atoms with E-state index in [2.05, 4.69) is 4.98 Å². The normalized spacial score (nSPS) is 17.2. The summed E-state index contributed by atoms with van der Waals surface area (Å²) < 4.78 is 5.04. The molecule has 0 unspecified atom stereocenters. The van der Waals surface area contributed by atoms with Gasteiger partial charge in [0.05, 0.1) is 12.3 Å². The lowest BCUT2D eigenvalue weighted by Gasteiger charge is -2.36. The maximum atomic E-state index is 12.5. The summed E-state index contributed by atoms with van der Waals surface area (Å²) in [6.45, 7) is 4.19. The first kappa shape index (κ1) is 15.7. The molecule has 2 amide bonds. The standard InChI is InChI=1S/C15H18N4O3S/c1-10(13(16)20)18-3-5-19(6-4-18)15(21)12-9-23-14(17-12)11-2-7-22-8-11/h2,7-10H,3-6H2,1H3,(H2,16,20)/t10-/m1/s1. The van der Waals surface area contributed by atoms with Gasteiger partial charge in [-0.05, 0) is 13.0 Å². The van der Waals surface area contributed by atoms with E-state index < -0.39 is 0 Å². The number of rotatable bonds is 4. The molecule has 1 fully saturated rings. The fraction of sp³-hybridized carbons (Fsp3) is 0.400. The second-order valence-electron chi connectivity index (χ2n) is 5.46. The molecule has 23 heavy (non-hydrogen) atoms. The van der Waals surface area contributed by atoms with Gasteiger partial charge in [-0.2, -0.15) is 0 Å². The zero-order valence-electron chi connectivity index (χ0n) is 12.8. The number of hydrogen-bond donors (Lipinski definition) is 1. The van der Waals surface area contributed by atoms with Gasteiger partial charge in [-0.25, -0.2) is 4.98 Å². The van der Waals surface area contributed by atoms with Gasteiger partial charge in [0.1, 0.15) is 17.0 Å². The van der Waals surface area contributed by atoms with E-state index in [4.69, 9.17) is 10.2 Å². The number of primary amides is 1. The zero-order valence-corrected chi connectivity index (χ0v) is 13.6. The first-order valence-electron chi connectivity index (χ1n) is 7.37. The monoisotopic (exact) mass is 334 g/mol. The van der Waals surface area contributed by atoms with Crippen molar-refractivity contribution in [3.63, 3.8) is 0 Å². The molecule has 1 saturated heterocycles. The highest BCUT2D eigenvalue weighted by molar-refractivity contribution is 7.13. The highest BCUT2D eigenvalue weighted by atomic mass is 32.1. The van der Waals surface area contributed by atoms with Crippen molar-refractivity contribution in [3.05, 3.63) is 29.7 Å². The molecule has 1 aliphatic heterocycles. The molecule has 7 nitrogen and oxygen atoms in total. The number of thiazole rings is 1. The molecule has 2 N–H and O–H groups in total. The van der Waals surface area contributed by atoms with Gasteiger partial charge >= 0.3 is 0 Å². The van der Waals surface area contributed by atoms with Crippen molar-refractivity contribution in [2.75, 3.05) is 26.2 Å². The maximum Gasteiger partial charge on any atom is 0.273 e. The highest BCUT2D eigenvalue weighted by Gasteiger charge is 2.27. The summed E-state index contributed by atoms with van der Waals surface area (Å²) >= 11 is 1.42. The molecule has 0 radical (unpaired) electrons. The number of carbonyl (C=O) groups excluding carboxylic acids is 2. The van der Waals surface area contributed by atoms with Crippen molar-refractivity contribution in [1.29, 1.82) is 0 Å². The minimum Gasteiger partial charge on any atom is -0.472 e. The summed E-state index contributed by atoms with van der Waals surface area (Å²) in [6, 6.07) is 1.51. The van der Waals surface area contributed by atoms with Crippen LogP contribution in [0.1, 0.15) is 17.4 Å². The molecule has 3 rings (SSSR count). The van der Waals surface area contributed by atoms with E-state index in [9.17, 15) is 9.59 Å². The zero-order chi connectivity index (χ0) is 16.4. The Kier molecular flexibility index (Phi) is 4.44. The second kappa shape index (κ2) is 6.51. The first-order valence-corrected chi connectivity index (χ1v) is 8.25. The molecule has 2 aromatic heterocycles. The summed E-state index contributed by atoms with van der Waals surface area (Å²) in [5.74, 6) is -0.420. The molecule has 0 spiro atoms. The van der Waals surface area contributed by atoms with Gasteiger partial charge in [-0.1, -0.05) is 0 Å². The van der Waals surface area contributed by atoms with E-state index in [1.807, 2.05) is 11.0 Å². The lowest BCUT2D eigenvalue weighted by atomic mass is 10.2. The van der Waals surface area contributed by atoms with Crippen LogP contribution in [0, 0.1) is 0 Å². The van der Waals surface area contributed by atoms with Gasteiger partial charge < -0.3 is 15.1 Å². The van der Waals surface area contributed by atoms with Crippen LogP contribution in [-0.4, -0.2) is 58.8 Å². The lowest BCUT2D eigenvalue weighted by molar-refractivity contribution is -0.123. The fourth-order valence-electron chi connectivity index (χ4n) is 2.54. The molecule has 1 aliphatic rings.